The minimum absolute atomic E-state index is 0. The van der Waals surface area contributed by atoms with Gasteiger partial charge in [-0.3, -0.25) is 19.4 Å². The number of pyridine rings is 1. The molecule has 1 atom stereocenters. The van der Waals surface area contributed by atoms with E-state index in [1.165, 1.54) is 0 Å². The molecule has 3 N–H and O–H groups in total. The van der Waals surface area contributed by atoms with Gasteiger partial charge < -0.3 is 10.6 Å². The second-order valence-electron chi connectivity index (χ2n) is 7.26. The molecular formula is C17H26ClN5O2. The number of likely N-dealkylation sites (tertiary alicyclic amines) is 1. The maximum Gasteiger partial charge on any atom is 0.273 e. The molecule has 1 unspecified atom stereocenters. The molecule has 0 spiro atoms. The Labute approximate surface area is 153 Å². The van der Waals surface area contributed by atoms with Crippen molar-refractivity contribution >= 4 is 29.3 Å². The number of fused-ring (bicyclic) bond motifs is 1. The number of hydrogen-bond acceptors (Lipinski definition) is 4. The Kier molecular flexibility index (Phi) is 5.30. The van der Waals surface area contributed by atoms with Crippen molar-refractivity contribution in [2.75, 3.05) is 19.6 Å². The van der Waals surface area contributed by atoms with Gasteiger partial charge in [-0.05, 0) is 43.4 Å². The van der Waals surface area contributed by atoms with Gasteiger partial charge in [-0.2, -0.15) is 0 Å². The van der Waals surface area contributed by atoms with E-state index in [0.29, 0.717) is 24.1 Å². The molecule has 2 aromatic rings. The number of carbonyl (C=O) groups is 1. The first kappa shape index (κ1) is 19.5. The van der Waals surface area contributed by atoms with Crippen molar-refractivity contribution in [1.82, 2.24) is 19.7 Å². The Morgan fingerprint density at radius 2 is 2.08 bits per heavy atom. The number of nitrogens with zero attached hydrogens (tertiary/aromatic N) is 3. The maximum absolute atomic E-state index is 12.7. The molecular weight excluding hydrogens is 342 g/mol. The third kappa shape index (κ3) is 3.30. The quantitative estimate of drug-likeness (QED) is 0.847. The number of carbonyl (C=O) groups excluding carboxylic acids is 1. The van der Waals surface area contributed by atoms with Gasteiger partial charge in [0.05, 0.1) is 11.8 Å². The summed E-state index contributed by atoms with van der Waals surface area (Å²) in [5.41, 5.74) is 8.79. The van der Waals surface area contributed by atoms with E-state index >= 15 is 0 Å². The molecule has 3 rings (SSSR count). The Bertz CT molecular complexity index is 872. The highest BCUT2D eigenvalue weighted by atomic mass is 35.5. The second-order valence-corrected chi connectivity index (χ2v) is 7.26. The van der Waals surface area contributed by atoms with E-state index in [4.69, 9.17) is 5.73 Å². The number of H-pyrrole nitrogens is 1. The van der Waals surface area contributed by atoms with Gasteiger partial charge in [-0.15, -0.1) is 12.4 Å². The van der Waals surface area contributed by atoms with Gasteiger partial charge in [-0.25, -0.2) is 4.98 Å². The van der Waals surface area contributed by atoms with Crippen LogP contribution in [0.3, 0.4) is 0 Å². The minimum Gasteiger partial charge on any atom is -0.342 e. The Morgan fingerprint density at radius 1 is 1.40 bits per heavy atom. The Hall–Kier alpha value is -1.86. The lowest BCUT2D eigenvalue weighted by molar-refractivity contribution is -0.129. The lowest BCUT2D eigenvalue weighted by Crippen LogP contribution is -2.35. The van der Waals surface area contributed by atoms with Gasteiger partial charge in [-0.1, -0.05) is 6.92 Å². The van der Waals surface area contributed by atoms with Crippen LogP contribution in [0.15, 0.2) is 4.79 Å². The number of nitrogens with one attached hydrogen (secondary N) is 1. The molecule has 1 amide bonds. The fourth-order valence-electron chi connectivity index (χ4n) is 3.57. The molecule has 138 valence electrons. The summed E-state index contributed by atoms with van der Waals surface area (Å²) >= 11 is 0. The summed E-state index contributed by atoms with van der Waals surface area (Å²) in [4.78, 5) is 31.2. The van der Waals surface area contributed by atoms with E-state index in [1.807, 2.05) is 18.7 Å². The van der Waals surface area contributed by atoms with Gasteiger partial charge in [0.2, 0.25) is 5.91 Å². The van der Waals surface area contributed by atoms with Crippen LogP contribution in [-0.4, -0.2) is 45.2 Å². The van der Waals surface area contributed by atoms with E-state index < -0.39 is 0 Å². The Morgan fingerprint density at radius 3 is 2.68 bits per heavy atom. The zero-order valence-corrected chi connectivity index (χ0v) is 16.0. The van der Waals surface area contributed by atoms with Gasteiger partial charge >= 0.3 is 0 Å². The van der Waals surface area contributed by atoms with E-state index in [0.717, 1.165) is 29.8 Å². The predicted molar refractivity (Wildman–Crippen MR) is 100 cm³/mol. The van der Waals surface area contributed by atoms with Crippen molar-refractivity contribution < 1.29 is 4.79 Å². The molecule has 1 aliphatic heterocycles. The summed E-state index contributed by atoms with van der Waals surface area (Å²) in [5, 5.41) is 3.30. The number of hydrogen-bond donors (Lipinski definition) is 2. The van der Waals surface area contributed by atoms with Crippen molar-refractivity contribution in [3.05, 3.63) is 27.2 Å². The average molecular weight is 368 g/mol. The SMILES string of the molecule is Cc1nc2c(c(C)c1CC(=O)N1CCC(C)(CN)C1)c(=O)[nH]n2C.Cl. The van der Waals surface area contributed by atoms with Gasteiger partial charge in [0.1, 0.15) is 0 Å². The topological polar surface area (TPSA) is 97.0 Å². The molecule has 1 aliphatic rings. The fraction of sp³-hybridized carbons (Fsp3) is 0.588. The molecule has 2 aromatic heterocycles. The first-order valence-corrected chi connectivity index (χ1v) is 8.28. The van der Waals surface area contributed by atoms with E-state index in [1.54, 1.807) is 11.7 Å². The molecule has 3 heterocycles. The number of amides is 1. The van der Waals surface area contributed by atoms with Crippen LogP contribution in [0.4, 0.5) is 0 Å². The molecule has 1 saturated heterocycles. The molecule has 0 aliphatic carbocycles. The lowest BCUT2D eigenvalue weighted by Gasteiger charge is -2.23. The van der Waals surface area contributed by atoms with Crippen LogP contribution in [0.5, 0.6) is 0 Å². The summed E-state index contributed by atoms with van der Waals surface area (Å²) in [6.45, 7) is 7.92. The average Bonchev–Trinajstić information content (AvgIpc) is 3.05. The summed E-state index contributed by atoms with van der Waals surface area (Å²) in [6, 6.07) is 0. The highest BCUT2D eigenvalue weighted by Gasteiger charge is 2.35. The third-order valence-electron chi connectivity index (χ3n) is 5.31. The van der Waals surface area contributed by atoms with E-state index in [2.05, 4.69) is 17.0 Å². The summed E-state index contributed by atoms with van der Waals surface area (Å²) in [5.74, 6) is 0.0758. The van der Waals surface area contributed by atoms with Crippen LogP contribution >= 0.6 is 12.4 Å². The standard InChI is InChI=1S/C17H25N5O2.ClH/c1-10-12(7-13(23)22-6-5-17(3,8-18)9-22)11(2)19-15-14(10)16(24)20-21(15)4;/h5-9,18H2,1-4H3,(H,20,24);1H. The normalized spacial score (nSPS) is 20.1. The van der Waals surface area contributed by atoms with E-state index in [-0.39, 0.29) is 35.7 Å². The molecule has 25 heavy (non-hydrogen) atoms. The fourth-order valence-corrected chi connectivity index (χ4v) is 3.57. The van der Waals surface area contributed by atoms with Crippen molar-refractivity contribution in [2.45, 2.75) is 33.6 Å². The van der Waals surface area contributed by atoms with Crippen LogP contribution in [0.1, 0.15) is 30.2 Å². The van der Waals surface area contributed by atoms with Gasteiger partial charge in [0.25, 0.3) is 5.56 Å². The second kappa shape index (κ2) is 6.80. The summed E-state index contributed by atoms with van der Waals surface area (Å²) < 4.78 is 1.62. The zero-order valence-electron chi connectivity index (χ0n) is 15.2. The summed E-state index contributed by atoms with van der Waals surface area (Å²) in [7, 11) is 1.76. The third-order valence-corrected chi connectivity index (χ3v) is 5.31. The number of aryl methyl sites for hydroxylation is 3. The molecule has 0 aromatic carbocycles. The van der Waals surface area contributed by atoms with Gasteiger partial charge in [0, 0.05) is 25.8 Å². The smallest absolute Gasteiger partial charge is 0.273 e. The number of halogens is 1. The van der Waals surface area contributed by atoms with Crippen LogP contribution < -0.4 is 11.3 Å². The maximum atomic E-state index is 12.7. The number of rotatable bonds is 3. The number of aromatic amines is 1. The largest absolute Gasteiger partial charge is 0.342 e. The van der Waals surface area contributed by atoms with E-state index in [9.17, 15) is 9.59 Å². The monoisotopic (exact) mass is 367 g/mol. The molecule has 0 radical (unpaired) electrons. The molecule has 8 heteroatoms. The van der Waals surface area contributed by atoms with Crippen molar-refractivity contribution in [3.8, 4) is 0 Å². The zero-order chi connectivity index (χ0) is 17.6. The van der Waals surface area contributed by atoms with Crippen LogP contribution in [0.25, 0.3) is 11.0 Å². The van der Waals surface area contributed by atoms with Crippen molar-refractivity contribution in [1.29, 1.82) is 0 Å². The van der Waals surface area contributed by atoms with Crippen LogP contribution in [-0.2, 0) is 18.3 Å². The molecule has 7 nitrogen and oxygen atoms in total. The molecule has 1 fully saturated rings. The highest BCUT2D eigenvalue weighted by Crippen LogP contribution is 2.29. The van der Waals surface area contributed by atoms with Crippen molar-refractivity contribution in [3.63, 3.8) is 0 Å². The number of nitrogens with two attached hydrogens (primary N) is 1. The van der Waals surface area contributed by atoms with Crippen LogP contribution in [0.2, 0.25) is 0 Å². The van der Waals surface area contributed by atoms with Crippen LogP contribution in [0, 0.1) is 19.3 Å². The van der Waals surface area contributed by atoms with Gasteiger partial charge in [0.15, 0.2) is 5.65 Å². The summed E-state index contributed by atoms with van der Waals surface area (Å²) in [6.07, 6.45) is 1.21. The van der Waals surface area contributed by atoms with Crippen molar-refractivity contribution in [2.24, 2.45) is 18.2 Å². The number of aromatic nitrogens is 3. The Balaban J connectivity index is 0.00000225. The predicted octanol–water partition coefficient (Wildman–Crippen LogP) is 1.04. The highest BCUT2D eigenvalue weighted by molar-refractivity contribution is 5.85. The lowest BCUT2D eigenvalue weighted by atomic mass is 9.90. The molecule has 0 bridgehead atoms. The first-order valence-electron chi connectivity index (χ1n) is 8.28. The minimum atomic E-state index is -0.164. The first-order chi connectivity index (χ1) is 11.3. The molecule has 0 saturated carbocycles.